The van der Waals surface area contributed by atoms with Gasteiger partial charge in [0.2, 0.25) is 5.91 Å². The monoisotopic (exact) mass is 619 g/mol. The van der Waals surface area contributed by atoms with Crippen LogP contribution in [0.3, 0.4) is 0 Å². The maximum absolute atomic E-state index is 14.2. The van der Waals surface area contributed by atoms with Gasteiger partial charge in [0, 0.05) is 26.7 Å². The van der Waals surface area contributed by atoms with E-state index in [1.165, 1.54) is 47.4 Å². The van der Waals surface area contributed by atoms with Gasteiger partial charge in [-0.05, 0) is 54.8 Å². The Hall–Kier alpha value is -4.62. The zero-order valence-corrected chi connectivity index (χ0v) is 24.7. The average Bonchev–Trinajstić information content (AvgIpc) is 3.71. The van der Waals surface area contributed by atoms with Gasteiger partial charge in [0.15, 0.2) is 6.04 Å². The van der Waals surface area contributed by atoms with Crippen LogP contribution in [0.5, 0.6) is 0 Å². The largest absolute Gasteiger partial charge is 0.376 e. The van der Waals surface area contributed by atoms with Crippen LogP contribution in [0.15, 0.2) is 77.7 Å². The lowest BCUT2D eigenvalue weighted by Crippen LogP contribution is -2.49. The minimum absolute atomic E-state index is 0.0356. The van der Waals surface area contributed by atoms with Crippen LogP contribution in [-0.2, 0) is 37.9 Å². The van der Waals surface area contributed by atoms with Gasteiger partial charge >= 0.3 is 0 Å². The van der Waals surface area contributed by atoms with Crippen LogP contribution in [0, 0.1) is 5.82 Å². The lowest BCUT2D eigenvalue weighted by Gasteiger charge is -2.32. The lowest BCUT2D eigenvalue weighted by molar-refractivity contribution is -0.142. The van der Waals surface area contributed by atoms with Crippen LogP contribution in [0.1, 0.15) is 40.6 Å². The molecule has 228 valence electrons. The molecule has 3 aromatic carbocycles. The van der Waals surface area contributed by atoms with E-state index in [0.717, 1.165) is 12.8 Å². The summed E-state index contributed by atoms with van der Waals surface area (Å²) in [6, 6.07) is 17.0. The van der Waals surface area contributed by atoms with Crippen LogP contribution in [0.25, 0.3) is 11.0 Å². The average molecular weight is 620 g/mol. The second-order valence-corrected chi connectivity index (χ2v) is 12.6. The first-order valence-electron chi connectivity index (χ1n) is 14.2. The number of aromatic nitrogens is 2. The van der Waals surface area contributed by atoms with E-state index in [-0.39, 0.29) is 35.5 Å². The molecule has 1 saturated heterocycles. The van der Waals surface area contributed by atoms with Gasteiger partial charge in [-0.3, -0.25) is 14.4 Å². The summed E-state index contributed by atoms with van der Waals surface area (Å²) in [5.74, 6) is -2.47. The number of aryl methyl sites for hydroxylation is 1. The number of hydrogen-bond acceptors (Lipinski definition) is 7. The molecule has 0 bridgehead atoms. The number of amides is 3. The van der Waals surface area contributed by atoms with Crippen LogP contribution < -0.4 is 5.32 Å². The Kier molecular flexibility index (Phi) is 7.91. The number of carbonyl (C=O) groups excluding carboxylic acids is 3. The maximum atomic E-state index is 14.2. The molecule has 6 rings (SSSR count). The highest BCUT2D eigenvalue weighted by atomic mass is 32.2. The number of rotatable bonds is 9. The topological polar surface area (TPSA) is 131 Å². The molecule has 1 fully saturated rings. The third-order valence-corrected chi connectivity index (χ3v) is 9.72. The number of fused-ring (bicyclic) bond motifs is 2. The van der Waals surface area contributed by atoms with Crippen LogP contribution in [0.2, 0.25) is 0 Å². The Labute approximate surface area is 253 Å². The third-order valence-electron chi connectivity index (χ3n) is 7.93. The van der Waals surface area contributed by atoms with E-state index in [4.69, 9.17) is 9.72 Å². The standard InChI is InChI=1S/C31H30FN5O6S/c1-35-25-10-4-3-9-24(25)34-29(35)28(30(39)33-17-22-7-6-16-43-22)36(18-20-12-14-21(32)15-13-20)27(38)19-37-31(40)23-8-2-5-11-26(23)44(37,41)42/h2-5,8-15,22,28H,6-7,16-19H2,1H3,(H,33,39)/t22-,28+/m1/s1. The molecule has 0 spiro atoms. The summed E-state index contributed by atoms with van der Waals surface area (Å²) in [7, 11) is -2.60. The number of imidazole rings is 1. The van der Waals surface area contributed by atoms with Crippen molar-refractivity contribution < 1.29 is 31.9 Å². The minimum atomic E-state index is -4.31. The molecule has 3 heterocycles. The summed E-state index contributed by atoms with van der Waals surface area (Å²) < 4.78 is 48.3. The molecule has 0 unspecified atom stereocenters. The Morgan fingerprint density at radius 1 is 1.09 bits per heavy atom. The van der Waals surface area contributed by atoms with Crippen molar-refractivity contribution in [1.82, 2.24) is 24.1 Å². The molecule has 13 heteroatoms. The van der Waals surface area contributed by atoms with Gasteiger partial charge in [-0.2, -0.15) is 0 Å². The fraction of sp³-hybridized carbons (Fsp3) is 0.290. The number of nitrogens with zero attached hydrogens (tertiary/aromatic N) is 4. The number of para-hydroxylation sites is 2. The number of hydrogen-bond donors (Lipinski definition) is 1. The second-order valence-electron chi connectivity index (χ2n) is 10.8. The number of carbonyl (C=O) groups is 3. The van der Waals surface area contributed by atoms with Crippen LogP contribution in [0.4, 0.5) is 4.39 Å². The summed E-state index contributed by atoms with van der Waals surface area (Å²) >= 11 is 0. The van der Waals surface area contributed by atoms with E-state index >= 15 is 0 Å². The molecule has 1 N–H and O–H groups in total. The number of nitrogens with one attached hydrogen (secondary N) is 1. The Morgan fingerprint density at radius 2 is 1.82 bits per heavy atom. The smallest absolute Gasteiger partial charge is 0.269 e. The SMILES string of the molecule is Cn1c([C@@H](C(=O)NC[C@H]2CCCO2)N(Cc2ccc(F)cc2)C(=O)CN2C(=O)c3ccccc3S2(=O)=O)nc2ccccc21. The summed E-state index contributed by atoms with van der Waals surface area (Å²) in [4.78, 5) is 47.1. The third kappa shape index (κ3) is 5.44. The predicted octanol–water partition coefficient (Wildman–Crippen LogP) is 2.92. The van der Waals surface area contributed by atoms with Gasteiger partial charge in [0.05, 0.1) is 22.7 Å². The molecule has 0 saturated carbocycles. The van der Waals surface area contributed by atoms with Crippen LogP contribution in [-0.4, -0.2) is 70.7 Å². The van der Waals surface area contributed by atoms with E-state index < -0.39 is 46.1 Å². The highest BCUT2D eigenvalue weighted by Gasteiger charge is 2.44. The van der Waals surface area contributed by atoms with E-state index in [2.05, 4.69) is 5.32 Å². The molecule has 0 radical (unpaired) electrons. The fourth-order valence-corrected chi connectivity index (χ4v) is 7.15. The summed E-state index contributed by atoms with van der Waals surface area (Å²) in [6.07, 6.45) is 1.45. The van der Waals surface area contributed by atoms with E-state index in [1.54, 1.807) is 29.8 Å². The highest BCUT2D eigenvalue weighted by molar-refractivity contribution is 7.90. The predicted molar refractivity (Wildman–Crippen MR) is 157 cm³/mol. The molecule has 2 aliphatic heterocycles. The maximum Gasteiger partial charge on any atom is 0.269 e. The molecule has 11 nitrogen and oxygen atoms in total. The Bertz CT molecular complexity index is 1850. The summed E-state index contributed by atoms with van der Waals surface area (Å²) in [5.41, 5.74) is 1.74. The number of halogens is 1. The van der Waals surface area contributed by atoms with Crippen molar-refractivity contribution in [3.8, 4) is 0 Å². The first kappa shape index (κ1) is 29.5. The highest BCUT2D eigenvalue weighted by Crippen LogP contribution is 2.32. The number of sulfonamides is 1. The number of ether oxygens (including phenoxy) is 1. The molecule has 3 amide bonds. The normalized spacial score (nSPS) is 17.9. The van der Waals surface area contributed by atoms with Gasteiger partial charge in [0.1, 0.15) is 23.1 Å². The molecular weight excluding hydrogens is 589 g/mol. The van der Waals surface area contributed by atoms with Crippen molar-refractivity contribution in [2.45, 2.75) is 36.4 Å². The van der Waals surface area contributed by atoms with Gasteiger partial charge in [-0.25, -0.2) is 22.1 Å². The van der Waals surface area contributed by atoms with Crippen molar-refractivity contribution >= 4 is 38.8 Å². The number of benzene rings is 3. The summed E-state index contributed by atoms with van der Waals surface area (Å²) in [5, 5.41) is 2.89. The van der Waals surface area contributed by atoms with E-state index in [9.17, 15) is 27.2 Å². The lowest BCUT2D eigenvalue weighted by atomic mass is 10.1. The molecule has 0 aliphatic carbocycles. The van der Waals surface area contributed by atoms with Gasteiger partial charge < -0.3 is 19.5 Å². The van der Waals surface area contributed by atoms with Gasteiger partial charge in [-0.15, -0.1) is 0 Å². The van der Waals surface area contributed by atoms with Crippen molar-refractivity contribution in [3.63, 3.8) is 0 Å². The molecule has 1 aromatic heterocycles. The Balaban J connectivity index is 1.41. The minimum Gasteiger partial charge on any atom is -0.376 e. The zero-order valence-electron chi connectivity index (χ0n) is 23.9. The first-order chi connectivity index (χ1) is 21.1. The van der Waals surface area contributed by atoms with Gasteiger partial charge in [0.25, 0.3) is 21.8 Å². The molecule has 2 aliphatic rings. The van der Waals surface area contributed by atoms with Gasteiger partial charge in [-0.1, -0.05) is 36.4 Å². The van der Waals surface area contributed by atoms with Crippen molar-refractivity contribution in [1.29, 1.82) is 0 Å². The molecular formula is C31H30FN5O6S. The quantitative estimate of drug-likeness (QED) is 0.305. The van der Waals surface area contributed by atoms with E-state index in [1.807, 2.05) is 12.1 Å². The van der Waals surface area contributed by atoms with Crippen molar-refractivity contribution in [3.05, 3.63) is 95.6 Å². The van der Waals surface area contributed by atoms with Crippen molar-refractivity contribution in [2.75, 3.05) is 19.7 Å². The molecule has 44 heavy (non-hydrogen) atoms. The fourth-order valence-electron chi connectivity index (χ4n) is 5.63. The Morgan fingerprint density at radius 3 is 2.52 bits per heavy atom. The summed E-state index contributed by atoms with van der Waals surface area (Å²) in [6.45, 7) is -0.261. The molecule has 4 aromatic rings. The molecule has 2 atom stereocenters. The second kappa shape index (κ2) is 11.8. The zero-order chi connectivity index (χ0) is 31.0. The van der Waals surface area contributed by atoms with Crippen LogP contribution >= 0.6 is 0 Å². The van der Waals surface area contributed by atoms with Crippen molar-refractivity contribution in [2.24, 2.45) is 7.05 Å². The van der Waals surface area contributed by atoms with E-state index in [0.29, 0.717) is 27.5 Å². The first-order valence-corrected chi connectivity index (χ1v) is 15.6.